The monoisotopic (exact) mass is 618 g/mol. The smallest absolute Gasteiger partial charge is 0.246 e. The number of likely N-dealkylation sites (tertiary alicyclic amines) is 1. The van der Waals surface area contributed by atoms with Gasteiger partial charge in [-0.1, -0.05) is 23.7 Å². The summed E-state index contributed by atoms with van der Waals surface area (Å²) in [6.45, 7) is 4.59. The van der Waals surface area contributed by atoms with Crippen LogP contribution >= 0.6 is 22.9 Å². The number of anilines is 2. The third kappa shape index (κ3) is 7.15. The van der Waals surface area contributed by atoms with Gasteiger partial charge in [-0.2, -0.15) is 0 Å². The maximum absolute atomic E-state index is 13.1. The van der Waals surface area contributed by atoms with Gasteiger partial charge in [0.15, 0.2) is 0 Å². The molecule has 0 spiro atoms. The summed E-state index contributed by atoms with van der Waals surface area (Å²) in [6.07, 6.45) is 10.9. The van der Waals surface area contributed by atoms with Gasteiger partial charge in [-0.25, -0.2) is 9.97 Å². The largest absolute Gasteiger partial charge is 0.486 e. The minimum atomic E-state index is 0.0384. The summed E-state index contributed by atoms with van der Waals surface area (Å²) < 4.78 is 5.86. The lowest BCUT2D eigenvalue weighted by Gasteiger charge is -2.31. The molecule has 3 aromatic heterocycles. The van der Waals surface area contributed by atoms with E-state index in [9.17, 15) is 9.90 Å². The summed E-state index contributed by atoms with van der Waals surface area (Å²) in [6, 6.07) is 11.3. The number of piperidine rings is 1. The van der Waals surface area contributed by atoms with Crippen molar-refractivity contribution < 1.29 is 14.6 Å². The van der Waals surface area contributed by atoms with E-state index < -0.39 is 0 Å². The van der Waals surface area contributed by atoms with Crippen molar-refractivity contribution >= 4 is 50.6 Å². The molecule has 1 fully saturated rings. The van der Waals surface area contributed by atoms with E-state index in [-0.39, 0.29) is 12.5 Å². The molecule has 224 valence electrons. The number of aliphatic hydroxyl groups is 1. The number of halogens is 1. The van der Waals surface area contributed by atoms with Gasteiger partial charge in [-0.05, 0) is 74.0 Å². The Kier molecular flexibility index (Phi) is 9.48. The van der Waals surface area contributed by atoms with Crippen LogP contribution in [0.5, 0.6) is 5.75 Å². The number of ether oxygens (including phenoxy) is 1. The second-order valence-corrected chi connectivity index (χ2v) is 12.5. The SMILES string of the molecule is O=C(C=CCN1CCCC(CCO)C1)N1CCc2c(sc3ncnc(Nc4ccc(OCc5ccccn5)c(Cl)c4)c23)C1. The van der Waals surface area contributed by atoms with Crippen molar-refractivity contribution in [1.29, 1.82) is 0 Å². The molecule has 1 unspecified atom stereocenters. The Hall–Kier alpha value is -3.57. The summed E-state index contributed by atoms with van der Waals surface area (Å²) in [5.41, 5.74) is 2.82. The normalized spacial score (nSPS) is 17.3. The fourth-order valence-corrected chi connectivity index (χ4v) is 7.26. The number of hydrogen-bond acceptors (Lipinski definition) is 9. The molecule has 9 nitrogen and oxygen atoms in total. The third-order valence-corrected chi connectivity index (χ3v) is 9.43. The number of carbonyl (C=O) groups excluding carboxylic acids is 1. The molecular weight excluding hydrogens is 584 g/mol. The number of amides is 1. The number of rotatable bonds is 10. The minimum Gasteiger partial charge on any atom is -0.486 e. The number of nitrogens with zero attached hydrogens (tertiary/aromatic N) is 5. The van der Waals surface area contributed by atoms with Crippen molar-refractivity contribution in [3.05, 3.63) is 82.2 Å². The highest BCUT2D eigenvalue weighted by molar-refractivity contribution is 7.19. The number of benzene rings is 1. The lowest BCUT2D eigenvalue weighted by atomic mass is 9.95. The fourth-order valence-electron chi connectivity index (χ4n) is 5.82. The second-order valence-electron chi connectivity index (χ2n) is 11.0. The van der Waals surface area contributed by atoms with Crippen LogP contribution < -0.4 is 10.1 Å². The van der Waals surface area contributed by atoms with Gasteiger partial charge in [0.05, 0.1) is 22.6 Å². The molecular formula is C32H35ClN6O3S. The fraction of sp³-hybridized carbons (Fsp3) is 0.375. The van der Waals surface area contributed by atoms with Gasteiger partial charge in [0.25, 0.3) is 0 Å². The number of carbonyl (C=O) groups is 1. The van der Waals surface area contributed by atoms with Crippen LogP contribution in [0.2, 0.25) is 5.02 Å². The Morgan fingerprint density at radius 2 is 2.14 bits per heavy atom. The van der Waals surface area contributed by atoms with Gasteiger partial charge in [0.2, 0.25) is 5.91 Å². The van der Waals surface area contributed by atoms with E-state index in [4.69, 9.17) is 16.3 Å². The zero-order valence-electron chi connectivity index (χ0n) is 23.9. The van der Waals surface area contributed by atoms with Crippen molar-refractivity contribution in [1.82, 2.24) is 24.8 Å². The lowest BCUT2D eigenvalue weighted by Crippen LogP contribution is -2.36. The van der Waals surface area contributed by atoms with E-state index in [0.29, 0.717) is 36.4 Å². The third-order valence-electron chi connectivity index (χ3n) is 8.01. The van der Waals surface area contributed by atoms with Crippen LogP contribution in [0.15, 0.2) is 61.1 Å². The number of aliphatic hydroxyl groups excluding tert-OH is 1. The molecule has 1 amide bonds. The quantitative estimate of drug-likeness (QED) is 0.222. The molecule has 6 rings (SSSR count). The van der Waals surface area contributed by atoms with Crippen LogP contribution in [0.3, 0.4) is 0 Å². The molecule has 1 saturated heterocycles. The van der Waals surface area contributed by atoms with Crippen molar-refractivity contribution in [2.45, 2.75) is 38.8 Å². The highest BCUT2D eigenvalue weighted by atomic mass is 35.5. The van der Waals surface area contributed by atoms with Crippen LogP contribution in [-0.4, -0.2) is 68.6 Å². The number of pyridine rings is 1. The van der Waals surface area contributed by atoms with E-state index in [1.807, 2.05) is 47.4 Å². The van der Waals surface area contributed by atoms with Crippen molar-refractivity contribution in [3.8, 4) is 5.75 Å². The van der Waals surface area contributed by atoms with Gasteiger partial charge in [0, 0.05) is 49.1 Å². The molecule has 43 heavy (non-hydrogen) atoms. The average Bonchev–Trinajstić information content (AvgIpc) is 3.40. The van der Waals surface area contributed by atoms with E-state index in [2.05, 4.69) is 25.2 Å². The van der Waals surface area contributed by atoms with Gasteiger partial charge in [-0.15, -0.1) is 11.3 Å². The molecule has 0 radical (unpaired) electrons. The van der Waals surface area contributed by atoms with Crippen LogP contribution in [0.25, 0.3) is 10.2 Å². The highest BCUT2D eigenvalue weighted by Gasteiger charge is 2.26. The molecule has 0 aliphatic carbocycles. The molecule has 2 N–H and O–H groups in total. The predicted molar refractivity (Wildman–Crippen MR) is 170 cm³/mol. The zero-order chi connectivity index (χ0) is 29.6. The molecule has 1 atom stereocenters. The second kappa shape index (κ2) is 13.8. The maximum atomic E-state index is 13.1. The Balaban J connectivity index is 1.10. The Bertz CT molecular complexity index is 1600. The molecule has 0 bridgehead atoms. The van der Waals surface area contributed by atoms with Crippen molar-refractivity contribution in [2.75, 3.05) is 38.1 Å². The molecule has 1 aromatic carbocycles. The molecule has 2 aliphatic rings. The van der Waals surface area contributed by atoms with E-state index in [1.54, 1.807) is 29.9 Å². The molecule has 11 heteroatoms. The number of thiophene rings is 1. The van der Waals surface area contributed by atoms with Gasteiger partial charge in [-0.3, -0.25) is 14.7 Å². The standard InChI is InChI=1S/C32H35ClN6O3S/c33-26-17-23(8-9-27(26)42-20-24-6-1-2-12-34-24)37-31-30-25-10-15-39(19-28(25)43-32(30)36-21-35-31)29(41)7-4-14-38-13-3-5-22(18-38)11-16-40/h1-2,4,6-9,12,17,21-22,40H,3,5,10-11,13-16,18-20H2,(H,35,36,37). The summed E-state index contributed by atoms with van der Waals surface area (Å²) in [5.74, 6) is 1.89. The van der Waals surface area contributed by atoms with Gasteiger partial charge >= 0.3 is 0 Å². The summed E-state index contributed by atoms with van der Waals surface area (Å²) in [4.78, 5) is 32.8. The summed E-state index contributed by atoms with van der Waals surface area (Å²) in [7, 11) is 0. The van der Waals surface area contributed by atoms with Gasteiger partial charge in [0.1, 0.15) is 29.3 Å². The predicted octanol–water partition coefficient (Wildman–Crippen LogP) is 5.60. The maximum Gasteiger partial charge on any atom is 0.246 e. The van der Waals surface area contributed by atoms with Crippen molar-refractivity contribution in [2.24, 2.45) is 5.92 Å². The minimum absolute atomic E-state index is 0.0384. The molecule has 4 aromatic rings. The lowest BCUT2D eigenvalue weighted by molar-refractivity contribution is -0.126. The molecule has 5 heterocycles. The number of hydrogen-bond donors (Lipinski definition) is 2. The highest BCUT2D eigenvalue weighted by Crippen LogP contribution is 2.39. The Morgan fingerprint density at radius 1 is 1.21 bits per heavy atom. The first kappa shape index (κ1) is 29.5. The van der Waals surface area contributed by atoms with Crippen molar-refractivity contribution in [3.63, 3.8) is 0 Å². The van der Waals surface area contributed by atoms with Crippen LogP contribution in [0.4, 0.5) is 11.5 Å². The van der Waals surface area contributed by atoms with E-state index in [1.165, 1.54) is 12.0 Å². The topological polar surface area (TPSA) is 104 Å². The van der Waals surface area contributed by atoms with E-state index >= 15 is 0 Å². The molecule has 2 aliphatic heterocycles. The Morgan fingerprint density at radius 3 is 2.98 bits per heavy atom. The number of nitrogens with one attached hydrogen (secondary N) is 1. The van der Waals surface area contributed by atoms with Crippen LogP contribution in [0, 0.1) is 5.92 Å². The summed E-state index contributed by atoms with van der Waals surface area (Å²) >= 11 is 8.17. The van der Waals surface area contributed by atoms with Gasteiger partial charge < -0.3 is 20.1 Å². The Labute approximate surface area is 260 Å². The van der Waals surface area contributed by atoms with Crippen LogP contribution in [-0.2, 0) is 24.4 Å². The zero-order valence-corrected chi connectivity index (χ0v) is 25.5. The molecule has 0 saturated carbocycles. The number of aromatic nitrogens is 3. The first-order valence-corrected chi connectivity index (χ1v) is 15.9. The first-order valence-electron chi connectivity index (χ1n) is 14.7. The van der Waals surface area contributed by atoms with E-state index in [0.717, 1.165) is 71.2 Å². The van der Waals surface area contributed by atoms with Crippen LogP contribution in [0.1, 0.15) is 35.4 Å². The number of fused-ring (bicyclic) bond motifs is 3. The average molecular weight is 619 g/mol. The summed E-state index contributed by atoms with van der Waals surface area (Å²) in [5, 5.41) is 14.2. The first-order chi connectivity index (χ1) is 21.1.